The van der Waals surface area contributed by atoms with E-state index in [1.807, 2.05) is 0 Å². The summed E-state index contributed by atoms with van der Waals surface area (Å²) in [6.07, 6.45) is 1.07. The van der Waals surface area contributed by atoms with Crippen molar-refractivity contribution in [2.24, 2.45) is 0 Å². The van der Waals surface area contributed by atoms with Gasteiger partial charge in [0.15, 0.2) is 0 Å². The van der Waals surface area contributed by atoms with E-state index in [1.54, 1.807) is 19.1 Å². The molecular weight excluding hydrogens is 340 g/mol. The van der Waals surface area contributed by atoms with Crippen molar-refractivity contribution in [2.45, 2.75) is 20.3 Å². The Morgan fingerprint density at radius 2 is 1.91 bits per heavy atom. The van der Waals surface area contributed by atoms with E-state index in [9.17, 15) is 9.18 Å². The maximum Gasteiger partial charge on any atom is 0.253 e. The molecule has 0 unspecified atom stereocenters. The van der Waals surface area contributed by atoms with Crippen LogP contribution >= 0.6 is 24.8 Å². The molecule has 2 rings (SSSR count). The van der Waals surface area contributed by atoms with Gasteiger partial charge < -0.3 is 10.6 Å². The molecule has 0 radical (unpaired) electrons. The number of rotatable bonds is 6. The Balaban J connectivity index is 0.00000242. The Kier molecular flexibility index (Phi) is 9.72. The lowest BCUT2D eigenvalue weighted by molar-refractivity contribution is 0.0953. The highest BCUT2D eigenvalue weighted by Crippen LogP contribution is 2.17. The summed E-state index contributed by atoms with van der Waals surface area (Å²) in [7, 11) is 0. The molecule has 4 nitrogen and oxygen atoms in total. The van der Waals surface area contributed by atoms with Crippen molar-refractivity contribution >= 4 is 41.6 Å². The molecule has 0 bridgehead atoms. The number of hydrogen-bond acceptors (Lipinski definition) is 3. The standard InChI is InChI=1S/C16H20FN3O.2ClH/c1-3-6-18-7-8-19-16(21)14-9-12-4-5-13(17)10-15(12)20-11(14)2;;/h4-5,9-10,18H,3,6-8H2,1-2H3,(H,19,21);2*1H. The first-order valence-electron chi connectivity index (χ1n) is 7.17. The summed E-state index contributed by atoms with van der Waals surface area (Å²) in [6.45, 7) is 6.11. The highest BCUT2D eigenvalue weighted by molar-refractivity contribution is 5.98. The topological polar surface area (TPSA) is 54.0 Å². The van der Waals surface area contributed by atoms with E-state index in [4.69, 9.17) is 0 Å². The Morgan fingerprint density at radius 1 is 1.17 bits per heavy atom. The van der Waals surface area contributed by atoms with Gasteiger partial charge in [0.05, 0.1) is 16.8 Å². The summed E-state index contributed by atoms with van der Waals surface area (Å²) >= 11 is 0. The highest BCUT2D eigenvalue weighted by Gasteiger charge is 2.11. The summed E-state index contributed by atoms with van der Waals surface area (Å²) in [6, 6.07) is 6.14. The fourth-order valence-corrected chi connectivity index (χ4v) is 2.13. The average Bonchev–Trinajstić information content (AvgIpc) is 2.46. The maximum atomic E-state index is 13.2. The van der Waals surface area contributed by atoms with Crippen molar-refractivity contribution in [1.29, 1.82) is 0 Å². The number of halogens is 3. The van der Waals surface area contributed by atoms with Crippen LogP contribution in [-0.2, 0) is 0 Å². The number of fused-ring (bicyclic) bond motifs is 1. The van der Waals surface area contributed by atoms with Gasteiger partial charge in [-0.05, 0) is 38.1 Å². The van der Waals surface area contributed by atoms with Crippen molar-refractivity contribution in [3.05, 3.63) is 41.3 Å². The zero-order valence-electron chi connectivity index (χ0n) is 13.2. The lowest BCUT2D eigenvalue weighted by Gasteiger charge is -2.09. The predicted octanol–water partition coefficient (Wildman–Crippen LogP) is 3.26. The monoisotopic (exact) mass is 361 g/mol. The van der Waals surface area contributed by atoms with Gasteiger partial charge in [-0.15, -0.1) is 24.8 Å². The van der Waals surface area contributed by atoms with E-state index in [-0.39, 0.29) is 36.5 Å². The van der Waals surface area contributed by atoms with Crippen molar-refractivity contribution in [1.82, 2.24) is 15.6 Å². The van der Waals surface area contributed by atoms with Gasteiger partial charge in [0.25, 0.3) is 5.91 Å². The van der Waals surface area contributed by atoms with E-state index >= 15 is 0 Å². The van der Waals surface area contributed by atoms with Crippen LogP contribution in [0.15, 0.2) is 24.3 Å². The fraction of sp³-hybridized carbons (Fsp3) is 0.375. The molecule has 0 atom stereocenters. The molecule has 128 valence electrons. The van der Waals surface area contributed by atoms with Gasteiger partial charge in [-0.3, -0.25) is 9.78 Å². The summed E-state index contributed by atoms with van der Waals surface area (Å²) in [5.41, 5.74) is 1.70. The van der Waals surface area contributed by atoms with Crippen LogP contribution in [0.3, 0.4) is 0 Å². The minimum absolute atomic E-state index is 0. The summed E-state index contributed by atoms with van der Waals surface area (Å²) in [5, 5.41) is 6.84. The molecule has 0 aliphatic rings. The van der Waals surface area contributed by atoms with Crippen LogP contribution in [-0.4, -0.2) is 30.5 Å². The van der Waals surface area contributed by atoms with Crippen LogP contribution in [0.2, 0.25) is 0 Å². The minimum atomic E-state index is -0.325. The van der Waals surface area contributed by atoms with Crippen LogP contribution < -0.4 is 10.6 Å². The number of nitrogens with zero attached hydrogens (tertiary/aromatic N) is 1. The minimum Gasteiger partial charge on any atom is -0.351 e. The van der Waals surface area contributed by atoms with Gasteiger partial charge in [0, 0.05) is 24.5 Å². The second kappa shape index (κ2) is 10.4. The number of pyridine rings is 1. The van der Waals surface area contributed by atoms with Crippen LogP contribution in [0.4, 0.5) is 4.39 Å². The molecule has 1 aromatic carbocycles. The number of aromatic nitrogens is 1. The first kappa shape index (κ1) is 21.6. The normalized spacial score (nSPS) is 9.87. The molecule has 7 heteroatoms. The lowest BCUT2D eigenvalue weighted by atomic mass is 10.1. The van der Waals surface area contributed by atoms with Crippen LogP contribution in [0.1, 0.15) is 29.4 Å². The molecule has 0 aliphatic carbocycles. The summed E-state index contributed by atoms with van der Waals surface area (Å²) in [4.78, 5) is 16.5. The first-order valence-corrected chi connectivity index (χ1v) is 7.17. The Labute approximate surface area is 148 Å². The molecule has 1 aromatic heterocycles. The number of carbonyl (C=O) groups is 1. The fourth-order valence-electron chi connectivity index (χ4n) is 2.13. The molecular formula is C16H22Cl2FN3O. The molecule has 0 saturated carbocycles. The number of aryl methyl sites for hydroxylation is 1. The van der Waals surface area contributed by atoms with E-state index in [2.05, 4.69) is 22.5 Å². The number of benzene rings is 1. The molecule has 0 spiro atoms. The van der Waals surface area contributed by atoms with E-state index < -0.39 is 0 Å². The Bertz CT molecular complexity index is 653. The molecule has 1 amide bonds. The number of carbonyl (C=O) groups excluding carboxylic acids is 1. The second-order valence-electron chi connectivity index (χ2n) is 4.96. The second-order valence-corrected chi connectivity index (χ2v) is 4.96. The maximum absolute atomic E-state index is 13.2. The van der Waals surface area contributed by atoms with Gasteiger partial charge in [0.2, 0.25) is 0 Å². The first-order chi connectivity index (χ1) is 10.1. The quantitative estimate of drug-likeness (QED) is 0.776. The van der Waals surface area contributed by atoms with Gasteiger partial charge in [-0.1, -0.05) is 6.92 Å². The van der Waals surface area contributed by atoms with Gasteiger partial charge in [0.1, 0.15) is 5.82 Å². The van der Waals surface area contributed by atoms with Crippen LogP contribution in [0.25, 0.3) is 10.9 Å². The third-order valence-electron chi connectivity index (χ3n) is 3.23. The van der Waals surface area contributed by atoms with Crippen LogP contribution in [0, 0.1) is 12.7 Å². The number of amides is 1. The summed E-state index contributed by atoms with van der Waals surface area (Å²) in [5.74, 6) is -0.474. The zero-order valence-corrected chi connectivity index (χ0v) is 14.8. The SMILES string of the molecule is CCCNCCNC(=O)c1cc2ccc(F)cc2nc1C.Cl.Cl. The molecule has 2 aromatic rings. The highest BCUT2D eigenvalue weighted by atomic mass is 35.5. The van der Waals surface area contributed by atoms with Crippen molar-refractivity contribution in [2.75, 3.05) is 19.6 Å². The Morgan fingerprint density at radius 3 is 2.61 bits per heavy atom. The molecule has 2 N–H and O–H groups in total. The van der Waals surface area contributed by atoms with Crippen molar-refractivity contribution in [3.8, 4) is 0 Å². The lowest BCUT2D eigenvalue weighted by Crippen LogP contribution is -2.32. The van der Waals surface area contributed by atoms with Crippen molar-refractivity contribution < 1.29 is 9.18 Å². The number of hydrogen-bond donors (Lipinski definition) is 2. The number of nitrogens with one attached hydrogen (secondary N) is 2. The van der Waals surface area contributed by atoms with E-state index in [1.165, 1.54) is 12.1 Å². The van der Waals surface area contributed by atoms with Gasteiger partial charge >= 0.3 is 0 Å². The summed E-state index contributed by atoms with van der Waals surface area (Å²) < 4.78 is 13.2. The van der Waals surface area contributed by atoms with Crippen molar-refractivity contribution in [3.63, 3.8) is 0 Å². The largest absolute Gasteiger partial charge is 0.351 e. The Hall–Kier alpha value is -1.43. The third-order valence-corrected chi connectivity index (χ3v) is 3.23. The third kappa shape index (κ3) is 5.94. The molecule has 23 heavy (non-hydrogen) atoms. The van der Waals surface area contributed by atoms with Gasteiger partial charge in [-0.2, -0.15) is 0 Å². The molecule has 1 heterocycles. The van der Waals surface area contributed by atoms with Crippen LogP contribution in [0.5, 0.6) is 0 Å². The predicted molar refractivity (Wildman–Crippen MR) is 96.4 cm³/mol. The van der Waals surface area contributed by atoms with E-state index in [0.717, 1.165) is 24.9 Å². The van der Waals surface area contributed by atoms with Gasteiger partial charge in [-0.25, -0.2) is 4.39 Å². The smallest absolute Gasteiger partial charge is 0.253 e. The molecule has 0 fully saturated rings. The molecule has 0 saturated heterocycles. The zero-order chi connectivity index (χ0) is 15.2. The molecule has 0 aliphatic heterocycles. The average molecular weight is 362 g/mol. The van der Waals surface area contributed by atoms with E-state index in [0.29, 0.717) is 23.3 Å².